The largest absolute Gasteiger partial charge is 0.354 e. The van der Waals surface area contributed by atoms with Crippen LogP contribution in [0.1, 0.15) is 28.3 Å². The highest BCUT2D eigenvalue weighted by Crippen LogP contribution is 2.16. The van der Waals surface area contributed by atoms with Gasteiger partial charge >= 0.3 is 0 Å². The summed E-state index contributed by atoms with van der Waals surface area (Å²) in [5, 5.41) is 8.06. The molecule has 1 saturated heterocycles. The first-order valence-corrected chi connectivity index (χ1v) is 10.6. The molecule has 1 aromatic carbocycles. The molecule has 0 aliphatic carbocycles. The number of likely N-dealkylation sites (tertiary alicyclic amines) is 1. The van der Waals surface area contributed by atoms with Crippen molar-refractivity contribution in [3.05, 3.63) is 50.4 Å². The Morgan fingerprint density at radius 1 is 1.31 bits per heavy atom. The van der Waals surface area contributed by atoms with Crippen molar-refractivity contribution in [3.8, 4) is 0 Å². The van der Waals surface area contributed by atoms with E-state index in [1.54, 1.807) is 11.3 Å². The molecule has 0 atom stereocenters. The van der Waals surface area contributed by atoms with Crippen molar-refractivity contribution in [2.45, 2.75) is 38.9 Å². The zero-order chi connectivity index (χ0) is 18.4. The maximum Gasteiger partial charge on any atom is 0.191 e. The number of benzene rings is 1. The molecule has 5 nitrogen and oxygen atoms in total. The first kappa shape index (κ1) is 19.3. The zero-order valence-corrected chi connectivity index (χ0v) is 17.7. The predicted octanol–water partition coefficient (Wildman–Crippen LogP) is 3.54. The zero-order valence-electron chi connectivity index (χ0n) is 15.3. The SMILES string of the molecule is CN=C(NCc1cnc(C)s1)NC1CCN(Cc2ccc(Br)cc2)CC1. The Kier molecular flexibility index (Phi) is 7.05. The molecule has 1 aromatic heterocycles. The van der Waals surface area contributed by atoms with E-state index in [1.807, 2.05) is 20.2 Å². The van der Waals surface area contributed by atoms with Gasteiger partial charge in [-0.05, 0) is 37.5 Å². The fourth-order valence-corrected chi connectivity index (χ4v) is 4.13. The summed E-state index contributed by atoms with van der Waals surface area (Å²) in [6, 6.07) is 9.10. The van der Waals surface area contributed by atoms with Gasteiger partial charge in [-0.1, -0.05) is 28.1 Å². The number of hydrogen-bond donors (Lipinski definition) is 2. The predicted molar refractivity (Wildman–Crippen MR) is 113 cm³/mol. The topological polar surface area (TPSA) is 52.6 Å². The molecule has 3 rings (SSSR count). The summed E-state index contributed by atoms with van der Waals surface area (Å²) in [6.07, 6.45) is 4.20. The van der Waals surface area contributed by atoms with Gasteiger partial charge in [0.1, 0.15) is 0 Å². The Morgan fingerprint density at radius 2 is 2.04 bits per heavy atom. The number of piperidine rings is 1. The number of thiazole rings is 1. The van der Waals surface area contributed by atoms with Gasteiger partial charge in [0.25, 0.3) is 0 Å². The summed E-state index contributed by atoms with van der Waals surface area (Å²) in [5.41, 5.74) is 1.37. The Bertz CT molecular complexity index is 720. The molecular formula is C19H26BrN5S. The summed E-state index contributed by atoms with van der Waals surface area (Å²) in [4.78, 5) is 12.4. The van der Waals surface area contributed by atoms with Gasteiger partial charge in [-0.2, -0.15) is 0 Å². The minimum Gasteiger partial charge on any atom is -0.354 e. The van der Waals surface area contributed by atoms with E-state index >= 15 is 0 Å². The van der Waals surface area contributed by atoms with Crippen LogP contribution in [0.5, 0.6) is 0 Å². The molecule has 7 heteroatoms. The number of guanidine groups is 1. The third-order valence-electron chi connectivity index (χ3n) is 4.57. The van der Waals surface area contributed by atoms with Crippen molar-refractivity contribution >= 4 is 33.2 Å². The number of hydrogen-bond acceptors (Lipinski definition) is 4. The molecule has 2 heterocycles. The number of aliphatic imine (C=N–C) groups is 1. The fraction of sp³-hybridized carbons (Fsp3) is 0.474. The first-order valence-electron chi connectivity index (χ1n) is 8.97. The Labute approximate surface area is 168 Å². The van der Waals surface area contributed by atoms with E-state index in [9.17, 15) is 0 Å². The molecule has 1 aliphatic rings. The van der Waals surface area contributed by atoms with Gasteiger partial charge in [-0.15, -0.1) is 11.3 Å². The van der Waals surface area contributed by atoms with E-state index in [2.05, 4.69) is 65.7 Å². The Balaban J connectivity index is 1.41. The molecule has 0 saturated carbocycles. The van der Waals surface area contributed by atoms with Crippen LogP contribution in [0.2, 0.25) is 0 Å². The second-order valence-corrected chi connectivity index (χ2v) is 8.83. The lowest BCUT2D eigenvalue weighted by atomic mass is 10.0. The van der Waals surface area contributed by atoms with Crippen molar-refractivity contribution in [2.75, 3.05) is 20.1 Å². The maximum absolute atomic E-state index is 4.36. The van der Waals surface area contributed by atoms with E-state index in [0.29, 0.717) is 6.04 Å². The van der Waals surface area contributed by atoms with Gasteiger partial charge < -0.3 is 10.6 Å². The van der Waals surface area contributed by atoms with Crippen LogP contribution in [0.4, 0.5) is 0 Å². The lowest BCUT2D eigenvalue weighted by Crippen LogP contribution is -2.48. The van der Waals surface area contributed by atoms with Crippen molar-refractivity contribution < 1.29 is 0 Å². The lowest BCUT2D eigenvalue weighted by Gasteiger charge is -2.33. The number of aryl methyl sites for hydroxylation is 1. The first-order chi connectivity index (χ1) is 12.6. The third kappa shape index (κ3) is 5.79. The minimum atomic E-state index is 0.477. The van der Waals surface area contributed by atoms with E-state index in [-0.39, 0.29) is 0 Å². The summed E-state index contributed by atoms with van der Waals surface area (Å²) in [6.45, 7) is 6.05. The van der Waals surface area contributed by atoms with E-state index in [4.69, 9.17) is 0 Å². The quantitative estimate of drug-likeness (QED) is 0.556. The molecule has 140 valence electrons. The highest BCUT2D eigenvalue weighted by molar-refractivity contribution is 9.10. The maximum atomic E-state index is 4.36. The van der Waals surface area contributed by atoms with Crippen molar-refractivity contribution in [2.24, 2.45) is 4.99 Å². The number of nitrogens with zero attached hydrogens (tertiary/aromatic N) is 3. The standard InChI is InChI=1S/C19H26BrN5S/c1-14-22-11-18(26-14)12-23-19(21-2)24-17-7-9-25(10-8-17)13-15-3-5-16(20)6-4-15/h3-6,11,17H,7-10,12-13H2,1-2H3,(H2,21,23,24). The smallest absolute Gasteiger partial charge is 0.191 e. The molecule has 0 bridgehead atoms. The van der Waals surface area contributed by atoms with Gasteiger partial charge in [-0.3, -0.25) is 9.89 Å². The molecular weight excluding hydrogens is 410 g/mol. The van der Waals surface area contributed by atoms with E-state index < -0.39 is 0 Å². The molecule has 2 N–H and O–H groups in total. The molecule has 26 heavy (non-hydrogen) atoms. The molecule has 1 aliphatic heterocycles. The van der Waals surface area contributed by atoms with Crippen LogP contribution in [-0.4, -0.2) is 42.0 Å². The van der Waals surface area contributed by atoms with Gasteiger partial charge in [0.2, 0.25) is 0 Å². The fourth-order valence-electron chi connectivity index (χ4n) is 3.13. The van der Waals surface area contributed by atoms with Gasteiger partial charge in [0.15, 0.2) is 5.96 Å². The van der Waals surface area contributed by atoms with Crippen molar-refractivity contribution in [1.82, 2.24) is 20.5 Å². The minimum absolute atomic E-state index is 0.477. The second kappa shape index (κ2) is 9.48. The molecule has 2 aromatic rings. The molecule has 1 fully saturated rings. The van der Waals surface area contributed by atoms with Crippen LogP contribution >= 0.6 is 27.3 Å². The summed E-state index contributed by atoms with van der Waals surface area (Å²) in [7, 11) is 1.83. The van der Waals surface area contributed by atoms with Crippen LogP contribution in [0.15, 0.2) is 39.9 Å². The van der Waals surface area contributed by atoms with Crippen LogP contribution < -0.4 is 10.6 Å². The third-order valence-corrected chi connectivity index (χ3v) is 6.01. The van der Waals surface area contributed by atoms with Crippen molar-refractivity contribution in [1.29, 1.82) is 0 Å². The Hall–Kier alpha value is -1.44. The second-order valence-electron chi connectivity index (χ2n) is 6.59. The van der Waals surface area contributed by atoms with Crippen LogP contribution in [0, 0.1) is 6.92 Å². The van der Waals surface area contributed by atoms with Crippen LogP contribution in [-0.2, 0) is 13.1 Å². The monoisotopic (exact) mass is 435 g/mol. The average molecular weight is 436 g/mol. The van der Waals surface area contributed by atoms with Crippen LogP contribution in [0.3, 0.4) is 0 Å². The van der Waals surface area contributed by atoms with E-state index in [1.165, 1.54) is 10.4 Å². The van der Waals surface area contributed by atoms with Gasteiger partial charge in [0, 0.05) is 48.3 Å². The summed E-state index contributed by atoms with van der Waals surface area (Å²) >= 11 is 5.22. The van der Waals surface area contributed by atoms with Gasteiger partial charge in [0.05, 0.1) is 11.6 Å². The number of nitrogens with one attached hydrogen (secondary N) is 2. The Morgan fingerprint density at radius 3 is 2.65 bits per heavy atom. The number of aromatic nitrogens is 1. The number of halogens is 1. The average Bonchev–Trinajstić information content (AvgIpc) is 3.07. The van der Waals surface area contributed by atoms with E-state index in [0.717, 1.165) is 54.5 Å². The van der Waals surface area contributed by atoms with Gasteiger partial charge in [-0.25, -0.2) is 4.98 Å². The number of rotatable bonds is 5. The summed E-state index contributed by atoms with van der Waals surface area (Å²) in [5.74, 6) is 0.877. The molecule has 0 spiro atoms. The van der Waals surface area contributed by atoms with Crippen molar-refractivity contribution in [3.63, 3.8) is 0 Å². The highest BCUT2D eigenvalue weighted by atomic mass is 79.9. The molecule has 0 radical (unpaired) electrons. The highest BCUT2D eigenvalue weighted by Gasteiger charge is 2.20. The van der Waals surface area contributed by atoms with Crippen LogP contribution in [0.25, 0.3) is 0 Å². The molecule has 0 amide bonds. The summed E-state index contributed by atoms with van der Waals surface area (Å²) < 4.78 is 1.14. The lowest BCUT2D eigenvalue weighted by molar-refractivity contribution is 0.198. The molecule has 0 unspecified atom stereocenters. The normalized spacial score (nSPS) is 16.7.